The van der Waals surface area contributed by atoms with Gasteiger partial charge < -0.3 is 15.7 Å². The molecule has 1 aromatic heterocycles. The predicted molar refractivity (Wildman–Crippen MR) is 97.6 cm³/mol. The molecule has 7 heteroatoms. The zero-order valence-corrected chi connectivity index (χ0v) is 14.6. The predicted octanol–water partition coefficient (Wildman–Crippen LogP) is 1.63. The van der Waals surface area contributed by atoms with Crippen molar-refractivity contribution in [2.45, 2.75) is 51.3 Å². The summed E-state index contributed by atoms with van der Waals surface area (Å²) in [6.45, 7) is 3.29. The van der Waals surface area contributed by atoms with E-state index in [2.05, 4.69) is 25.8 Å². The van der Waals surface area contributed by atoms with Gasteiger partial charge in [-0.15, -0.1) is 10.2 Å². The van der Waals surface area contributed by atoms with Crippen molar-refractivity contribution in [1.29, 1.82) is 0 Å². The molecule has 25 heavy (non-hydrogen) atoms. The summed E-state index contributed by atoms with van der Waals surface area (Å²) in [5.41, 5.74) is 1.02. The van der Waals surface area contributed by atoms with Gasteiger partial charge in [-0.1, -0.05) is 18.2 Å². The molecular weight excluding hydrogens is 316 g/mol. The normalized spacial score (nSPS) is 21.1. The van der Waals surface area contributed by atoms with Crippen LogP contribution in [0.1, 0.15) is 38.4 Å². The molecule has 0 radical (unpaired) electrons. The van der Waals surface area contributed by atoms with E-state index >= 15 is 0 Å². The van der Waals surface area contributed by atoms with Gasteiger partial charge in [-0.3, -0.25) is 4.57 Å². The second-order valence-electron chi connectivity index (χ2n) is 6.30. The Morgan fingerprint density at radius 3 is 2.72 bits per heavy atom. The molecule has 1 saturated carbocycles. The number of nitrogens with one attached hydrogen (secondary N) is 2. The number of aliphatic hydroxyl groups excluding tert-OH is 1. The summed E-state index contributed by atoms with van der Waals surface area (Å²) in [6.07, 6.45) is 5.18. The molecule has 3 rings (SSSR count). The fourth-order valence-electron chi connectivity index (χ4n) is 3.05. The monoisotopic (exact) mass is 342 g/mol. The molecule has 0 bridgehead atoms. The minimum absolute atomic E-state index is 0.151. The van der Waals surface area contributed by atoms with Crippen LogP contribution < -0.4 is 10.6 Å². The number of para-hydroxylation sites is 1. The van der Waals surface area contributed by atoms with Crippen molar-refractivity contribution in [3.63, 3.8) is 0 Å². The van der Waals surface area contributed by atoms with Crippen LogP contribution in [0.25, 0.3) is 5.69 Å². The lowest BCUT2D eigenvalue weighted by molar-refractivity contribution is 0.120. The Kier molecular flexibility index (Phi) is 6.00. The SMILES string of the molecule is CCNC(=NCc1nncn1-c1ccccc1)NC1CCC(O)CC1. The maximum Gasteiger partial charge on any atom is 0.191 e. The Morgan fingerprint density at radius 2 is 2.00 bits per heavy atom. The summed E-state index contributed by atoms with van der Waals surface area (Å²) < 4.78 is 1.95. The number of aromatic nitrogens is 3. The third kappa shape index (κ3) is 4.79. The smallest absolute Gasteiger partial charge is 0.191 e. The van der Waals surface area contributed by atoms with Crippen LogP contribution in [0.5, 0.6) is 0 Å². The number of benzene rings is 1. The van der Waals surface area contributed by atoms with Crippen LogP contribution in [-0.4, -0.2) is 44.5 Å². The highest BCUT2D eigenvalue weighted by Gasteiger charge is 2.20. The summed E-state index contributed by atoms with van der Waals surface area (Å²) in [5, 5.41) is 24.6. The Labute approximate surface area is 148 Å². The summed E-state index contributed by atoms with van der Waals surface area (Å²) >= 11 is 0. The third-order valence-corrected chi connectivity index (χ3v) is 4.41. The molecule has 134 valence electrons. The molecule has 7 nitrogen and oxygen atoms in total. The van der Waals surface area contributed by atoms with Gasteiger partial charge in [0, 0.05) is 18.3 Å². The maximum absolute atomic E-state index is 9.64. The lowest BCUT2D eigenvalue weighted by Gasteiger charge is -2.27. The third-order valence-electron chi connectivity index (χ3n) is 4.41. The molecule has 0 aliphatic heterocycles. The average molecular weight is 342 g/mol. The highest BCUT2D eigenvalue weighted by molar-refractivity contribution is 5.80. The molecule has 0 spiro atoms. The maximum atomic E-state index is 9.64. The fraction of sp³-hybridized carbons (Fsp3) is 0.500. The molecule has 1 aliphatic carbocycles. The number of guanidine groups is 1. The zero-order valence-electron chi connectivity index (χ0n) is 14.6. The Bertz CT molecular complexity index is 676. The number of aliphatic imine (C=N–C) groups is 1. The molecule has 1 aromatic carbocycles. The van der Waals surface area contributed by atoms with Crippen LogP contribution >= 0.6 is 0 Å². The molecule has 0 atom stereocenters. The molecule has 2 aromatic rings. The minimum atomic E-state index is -0.151. The first-order chi connectivity index (χ1) is 12.3. The standard InChI is InChI=1S/C18H26N6O/c1-2-19-18(22-14-8-10-16(25)11-9-14)20-12-17-23-21-13-24(17)15-6-4-3-5-7-15/h3-7,13-14,16,25H,2,8-12H2,1H3,(H2,19,20,22). The lowest BCUT2D eigenvalue weighted by atomic mass is 9.93. The van der Waals surface area contributed by atoms with Gasteiger partial charge in [0.25, 0.3) is 0 Å². The van der Waals surface area contributed by atoms with Crippen LogP contribution in [0.2, 0.25) is 0 Å². The highest BCUT2D eigenvalue weighted by Crippen LogP contribution is 2.18. The second-order valence-corrected chi connectivity index (χ2v) is 6.30. The largest absolute Gasteiger partial charge is 0.393 e. The molecular formula is C18H26N6O. The second kappa shape index (κ2) is 8.62. The van der Waals surface area contributed by atoms with Crippen molar-refractivity contribution >= 4 is 5.96 Å². The quantitative estimate of drug-likeness (QED) is 0.568. The molecule has 1 fully saturated rings. The van der Waals surface area contributed by atoms with Crippen molar-refractivity contribution in [2.24, 2.45) is 4.99 Å². The molecule has 0 amide bonds. The van der Waals surface area contributed by atoms with E-state index in [0.29, 0.717) is 12.6 Å². The summed E-state index contributed by atoms with van der Waals surface area (Å²) in [7, 11) is 0. The summed E-state index contributed by atoms with van der Waals surface area (Å²) in [5.74, 6) is 1.58. The van der Waals surface area contributed by atoms with Crippen molar-refractivity contribution in [1.82, 2.24) is 25.4 Å². The molecule has 1 heterocycles. The Hall–Kier alpha value is -2.41. The van der Waals surface area contributed by atoms with Gasteiger partial charge in [0.15, 0.2) is 11.8 Å². The van der Waals surface area contributed by atoms with E-state index in [1.807, 2.05) is 41.8 Å². The van der Waals surface area contributed by atoms with E-state index in [9.17, 15) is 5.11 Å². The van der Waals surface area contributed by atoms with E-state index in [1.165, 1.54) is 0 Å². The van der Waals surface area contributed by atoms with Crippen LogP contribution in [-0.2, 0) is 6.54 Å². The Balaban J connectivity index is 1.67. The number of aliphatic hydroxyl groups is 1. The summed E-state index contributed by atoms with van der Waals surface area (Å²) in [4.78, 5) is 4.66. The van der Waals surface area contributed by atoms with E-state index in [0.717, 1.165) is 49.7 Å². The van der Waals surface area contributed by atoms with Gasteiger partial charge in [-0.05, 0) is 44.7 Å². The van der Waals surface area contributed by atoms with Gasteiger partial charge >= 0.3 is 0 Å². The highest BCUT2D eigenvalue weighted by atomic mass is 16.3. The first kappa shape index (κ1) is 17.4. The van der Waals surface area contributed by atoms with Crippen molar-refractivity contribution in [3.05, 3.63) is 42.5 Å². The van der Waals surface area contributed by atoms with Crippen molar-refractivity contribution in [2.75, 3.05) is 6.54 Å². The first-order valence-corrected chi connectivity index (χ1v) is 8.93. The number of hydrogen-bond donors (Lipinski definition) is 3. The topological polar surface area (TPSA) is 87.4 Å². The minimum Gasteiger partial charge on any atom is -0.393 e. The lowest BCUT2D eigenvalue weighted by Crippen LogP contribution is -2.45. The number of hydrogen-bond acceptors (Lipinski definition) is 4. The average Bonchev–Trinajstić information content (AvgIpc) is 3.11. The van der Waals surface area contributed by atoms with Gasteiger partial charge in [0.1, 0.15) is 12.9 Å². The zero-order chi connectivity index (χ0) is 17.5. The molecule has 0 unspecified atom stereocenters. The van der Waals surface area contributed by atoms with Crippen LogP contribution in [0.15, 0.2) is 41.7 Å². The van der Waals surface area contributed by atoms with Gasteiger partial charge in [0.2, 0.25) is 0 Å². The Morgan fingerprint density at radius 1 is 1.24 bits per heavy atom. The first-order valence-electron chi connectivity index (χ1n) is 8.93. The van der Waals surface area contributed by atoms with E-state index in [-0.39, 0.29) is 6.10 Å². The number of rotatable bonds is 5. The van der Waals surface area contributed by atoms with Crippen molar-refractivity contribution in [3.8, 4) is 5.69 Å². The number of nitrogens with zero attached hydrogens (tertiary/aromatic N) is 4. The van der Waals surface area contributed by atoms with Crippen LogP contribution in [0.3, 0.4) is 0 Å². The van der Waals surface area contributed by atoms with Gasteiger partial charge in [-0.25, -0.2) is 4.99 Å². The van der Waals surface area contributed by atoms with Gasteiger partial charge in [0.05, 0.1) is 6.10 Å². The molecule has 0 saturated heterocycles. The fourth-order valence-corrected chi connectivity index (χ4v) is 3.05. The summed E-state index contributed by atoms with van der Waals surface area (Å²) in [6, 6.07) is 10.4. The van der Waals surface area contributed by atoms with Gasteiger partial charge in [-0.2, -0.15) is 0 Å². The van der Waals surface area contributed by atoms with E-state index < -0.39 is 0 Å². The molecule has 3 N–H and O–H groups in total. The van der Waals surface area contributed by atoms with Crippen LogP contribution in [0, 0.1) is 0 Å². The van der Waals surface area contributed by atoms with E-state index in [4.69, 9.17) is 0 Å². The van der Waals surface area contributed by atoms with Crippen LogP contribution in [0.4, 0.5) is 0 Å². The van der Waals surface area contributed by atoms with Crippen molar-refractivity contribution < 1.29 is 5.11 Å². The van der Waals surface area contributed by atoms with E-state index in [1.54, 1.807) is 6.33 Å². The molecule has 1 aliphatic rings.